The van der Waals surface area contributed by atoms with E-state index in [2.05, 4.69) is 25.2 Å². The molecule has 1 aromatic rings. The van der Waals surface area contributed by atoms with Gasteiger partial charge in [-0.15, -0.1) is 0 Å². The van der Waals surface area contributed by atoms with Gasteiger partial charge in [-0.05, 0) is 24.0 Å². The highest BCUT2D eigenvalue weighted by molar-refractivity contribution is 5.88. The van der Waals surface area contributed by atoms with Crippen molar-refractivity contribution in [3.8, 4) is 0 Å². The van der Waals surface area contributed by atoms with E-state index < -0.39 is 0 Å². The topological polar surface area (TPSA) is 50.4 Å². The van der Waals surface area contributed by atoms with Gasteiger partial charge in [-0.2, -0.15) is 0 Å². The second-order valence-electron chi connectivity index (χ2n) is 4.94. The monoisotopic (exact) mass is 231 g/mol. The van der Waals surface area contributed by atoms with Crippen LogP contribution in [0.3, 0.4) is 0 Å². The van der Waals surface area contributed by atoms with E-state index in [4.69, 9.17) is 10.7 Å². The van der Waals surface area contributed by atoms with Crippen LogP contribution in [0.1, 0.15) is 31.9 Å². The van der Waals surface area contributed by atoms with Crippen LogP contribution < -0.4 is 11.1 Å². The van der Waals surface area contributed by atoms with Crippen molar-refractivity contribution in [2.45, 2.75) is 26.3 Å². The molecule has 0 aromatic heterocycles. The molecule has 0 spiro atoms. The van der Waals surface area contributed by atoms with Crippen LogP contribution in [0.4, 0.5) is 5.69 Å². The fourth-order valence-corrected chi connectivity index (χ4v) is 2.22. The van der Waals surface area contributed by atoms with E-state index in [1.165, 1.54) is 5.71 Å². The molecule has 3 nitrogen and oxygen atoms in total. The number of aliphatic imine (C=N–C) groups is 1. The molecule has 1 aliphatic rings. The Morgan fingerprint density at radius 1 is 1.29 bits per heavy atom. The predicted molar refractivity (Wildman–Crippen MR) is 73.4 cm³/mol. The lowest BCUT2D eigenvalue weighted by Gasteiger charge is -2.19. The molecule has 1 saturated heterocycles. The van der Waals surface area contributed by atoms with Crippen molar-refractivity contribution in [1.29, 1.82) is 0 Å². The van der Waals surface area contributed by atoms with Gasteiger partial charge in [0.15, 0.2) is 0 Å². The molecule has 17 heavy (non-hydrogen) atoms. The second kappa shape index (κ2) is 5.32. The zero-order valence-corrected chi connectivity index (χ0v) is 10.6. The van der Waals surface area contributed by atoms with Gasteiger partial charge in [-0.1, -0.05) is 32.0 Å². The molecule has 1 atom stereocenters. The molecule has 2 rings (SSSR count). The number of para-hydroxylation sites is 1. The van der Waals surface area contributed by atoms with Crippen LogP contribution in [0.15, 0.2) is 29.3 Å². The lowest BCUT2D eigenvalue weighted by molar-refractivity contribution is 0.517. The van der Waals surface area contributed by atoms with Gasteiger partial charge in [0.1, 0.15) is 0 Å². The summed E-state index contributed by atoms with van der Waals surface area (Å²) in [5.41, 5.74) is 9.32. The number of anilines is 1. The Kier molecular flexibility index (Phi) is 3.79. The summed E-state index contributed by atoms with van der Waals surface area (Å²) in [6.45, 7) is 6.37. The van der Waals surface area contributed by atoms with Gasteiger partial charge in [0, 0.05) is 24.5 Å². The number of nitrogens with zero attached hydrogens (tertiary/aromatic N) is 1. The Balaban J connectivity index is 2.29. The van der Waals surface area contributed by atoms with Crippen LogP contribution in [-0.2, 0) is 0 Å². The van der Waals surface area contributed by atoms with Crippen LogP contribution >= 0.6 is 0 Å². The first-order chi connectivity index (χ1) is 8.18. The quantitative estimate of drug-likeness (QED) is 0.785. The Bertz CT molecular complexity index is 402. The predicted octanol–water partition coefficient (Wildman–Crippen LogP) is 2.40. The van der Waals surface area contributed by atoms with Crippen LogP contribution in [0, 0.1) is 5.92 Å². The lowest BCUT2D eigenvalue weighted by Crippen LogP contribution is -2.13. The van der Waals surface area contributed by atoms with Gasteiger partial charge in [-0.25, -0.2) is 0 Å². The van der Waals surface area contributed by atoms with E-state index in [0.717, 1.165) is 30.8 Å². The zero-order chi connectivity index (χ0) is 12.3. The van der Waals surface area contributed by atoms with Gasteiger partial charge in [0.05, 0.1) is 6.04 Å². The van der Waals surface area contributed by atoms with Crippen molar-refractivity contribution >= 4 is 11.4 Å². The van der Waals surface area contributed by atoms with E-state index in [9.17, 15) is 0 Å². The first-order valence-corrected chi connectivity index (χ1v) is 6.29. The van der Waals surface area contributed by atoms with Gasteiger partial charge in [0.25, 0.3) is 0 Å². The number of hydrogen-bond donors (Lipinski definition) is 2. The van der Waals surface area contributed by atoms with E-state index in [1.54, 1.807) is 0 Å². The molecule has 1 aromatic carbocycles. The standard InChI is InChI=1S/C14H21N3/c1-10(2)14(17-11-7-8-16-9-11)12-5-3-4-6-13(12)15/h3-6,10,14,16H,7-9,15H2,1-2H3. The molecule has 1 fully saturated rings. The molecule has 0 amide bonds. The third-order valence-electron chi connectivity index (χ3n) is 3.19. The summed E-state index contributed by atoms with van der Waals surface area (Å²) in [5.74, 6) is 0.466. The minimum absolute atomic E-state index is 0.186. The Hall–Kier alpha value is -1.35. The highest BCUT2D eigenvalue weighted by Gasteiger charge is 2.19. The van der Waals surface area contributed by atoms with Crippen LogP contribution in [-0.4, -0.2) is 18.8 Å². The van der Waals surface area contributed by atoms with Crippen molar-refractivity contribution in [1.82, 2.24) is 5.32 Å². The van der Waals surface area contributed by atoms with E-state index in [-0.39, 0.29) is 6.04 Å². The molecular formula is C14H21N3. The van der Waals surface area contributed by atoms with Crippen molar-refractivity contribution in [2.75, 3.05) is 18.8 Å². The molecule has 1 unspecified atom stereocenters. The summed E-state index contributed by atoms with van der Waals surface area (Å²) in [6, 6.07) is 8.24. The third kappa shape index (κ3) is 2.86. The average Bonchev–Trinajstić information content (AvgIpc) is 2.79. The van der Waals surface area contributed by atoms with Crippen molar-refractivity contribution in [2.24, 2.45) is 10.9 Å². The molecular weight excluding hydrogens is 210 g/mol. The normalized spacial score (nSPS) is 20.1. The highest BCUT2D eigenvalue weighted by atomic mass is 14.9. The van der Waals surface area contributed by atoms with Gasteiger partial charge in [0.2, 0.25) is 0 Å². The van der Waals surface area contributed by atoms with E-state index >= 15 is 0 Å². The molecule has 3 heteroatoms. The summed E-state index contributed by atoms with van der Waals surface area (Å²) in [5, 5.41) is 3.32. The fourth-order valence-electron chi connectivity index (χ4n) is 2.22. The van der Waals surface area contributed by atoms with Crippen LogP contribution in [0.25, 0.3) is 0 Å². The Morgan fingerprint density at radius 3 is 2.65 bits per heavy atom. The molecule has 0 bridgehead atoms. The van der Waals surface area contributed by atoms with Gasteiger partial charge < -0.3 is 11.1 Å². The van der Waals surface area contributed by atoms with E-state index in [1.807, 2.05) is 18.2 Å². The van der Waals surface area contributed by atoms with Crippen LogP contribution in [0.5, 0.6) is 0 Å². The average molecular weight is 231 g/mol. The second-order valence-corrected chi connectivity index (χ2v) is 4.94. The Morgan fingerprint density at radius 2 is 2.06 bits per heavy atom. The maximum Gasteiger partial charge on any atom is 0.0791 e. The molecule has 1 heterocycles. The third-order valence-corrected chi connectivity index (χ3v) is 3.19. The number of hydrogen-bond acceptors (Lipinski definition) is 3. The molecule has 0 radical (unpaired) electrons. The number of nitrogen functional groups attached to an aromatic ring is 1. The molecule has 92 valence electrons. The lowest BCUT2D eigenvalue weighted by atomic mass is 9.95. The van der Waals surface area contributed by atoms with Crippen molar-refractivity contribution < 1.29 is 0 Å². The molecule has 1 aliphatic heterocycles. The molecule has 0 aliphatic carbocycles. The summed E-state index contributed by atoms with van der Waals surface area (Å²) in [6.07, 6.45) is 1.07. The number of rotatable bonds is 3. The number of benzene rings is 1. The first kappa shape index (κ1) is 12.1. The minimum atomic E-state index is 0.186. The SMILES string of the molecule is CC(C)C(N=C1CCNC1)c1ccccc1N. The summed E-state index contributed by atoms with van der Waals surface area (Å²) < 4.78 is 0. The highest BCUT2D eigenvalue weighted by Crippen LogP contribution is 2.30. The largest absolute Gasteiger partial charge is 0.398 e. The maximum atomic E-state index is 6.05. The summed E-state index contributed by atoms with van der Waals surface area (Å²) in [4.78, 5) is 4.88. The Labute approximate surface area is 103 Å². The van der Waals surface area contributed by atoms with E-state index in [0.29, 0.717) is 5.92 Å². The maximum absolute atomic E-state index is 6.05. The smallest absolute Gasteiger partial charge is 0.0791 e. The van der Waals surface area contributed by atoms with Crippen molar-refractivity contribution in [3.63, 3.8) is 0 Å². The zero-order valence-electron chi connectivity index (χ0n) is 10.6. The first-order valence-electron chi connectivity index (χ1n) is 6.29. The number of nitrogens with two attached hydrogens (primary N) is 1. The minimum Gasteiger partial charge on any atom is -0.398 e. The van der Waals surface area contributed by atoms with Gasteiger partial charge >= 0.3 is 0 Å². The van der Waals surface area contributed by atoms with Gasteiger partial charge in [-0.3, -0.25) is 4.99 Å². The number of nitrogens with one attached hydrogen (secondary N) is 1. The fraction of sp³-hybridized carbons (Fsp3) is 0.500. The molecule has 3 N–H and O–H groups in total. The van der Waals surface area contributed by atoms with Crippen LogP contribution in [0.2, 0.25) is 0 Å². The van der Waals surface area contributed by atoms with Crippen molar-refractivity contribution in [3.05, 3.63) is 29.8 Å². The summed E-state index contributed by atoms with van der Waals surface area (Å²) >= 11 is 0. The molecule has 0 saturated carbocycles. The summed E-state index contributed by atoms with van der Waals surface area (Å²) in [7, 11) is 0.